The van der Waals surface area contributed by atoms with Crippen LogP contribution in [0.2, 0.25) is 0 Å². The molecule has 2 aromatic rings. The molecule has 2 aromatic carbocycles. The van der Waals surface area contributed by atoms with E-state index in [1.54, 1.807) is 31.4 Å². The summed E-state index contributed by atoms with van der Waals surface area (Å²) in [6.07, 6.45) is 5.25. The lowest BCUT2D eigenvalue weighted by Gasteiger charge is -2.29. The van der Waals surface area contributed by atoms with Crippen LogP contribution >= 0.6 is 0 Å². The van der Waals surface area contributed by atoms with Crippen molar-refractivity contribution in [3.05, 3.63) is 59.7 Å². The van der Waals surface area contributed by atoms with Crippen LogP contribution in [0.3, 0.4) is 0 Å². The highest BCUT2D eigenvalue weighted by molar-refractivity contribution is 6.04. The van der Waals surface area contributed by atoms with Gasteiger partial charge in [0.2, 0.25) is 0 Å². The lowest BCUT2D eigenvalue weighted by Crippen LogP contribution is -2.36. The van der Waals surface area contributed by atoms with E-state index in [9.17, 15) is 4.79 Å². The van der Waals surface area contributed by atoms with Gasteiger partial charge < -0.3 is 15.4 Å². The van der Waals surface area contributed by atoms with Crippen LogP contribution in [0.25, 0.3) is 0 Å². The predicted octanol–water partition coefficient (Wildman–Crippen LogP) is 4.62. The highest BCUT2D eigenvalue weighted by Gasteiger charge is 2.20. The molecule has 0 unspecified atom stereocenters. The number of carbonyl (C=O) groups excluding carboxylic acids is 1. The van der Waals surface area contributed by atoms with Crippen molar-refractivity contribution in [2.24, 2.45) is 5.92 Å². The van der Waals surface area contributed by atoms with E-state index >= 15 is 0 Å². The minimum atomic E-state index is -0.112. The van der Waals surface area contributed by atoms with Gasteiger partial charge in [0.1, 0.15) is 5.75 Å². The topological polar surface area (TPSA) is 50.4 Å². The summed E-state index contributed by atoms with van der Waals surface area (Å²) in [6, 6.07) is 15.8. The summed E-state index contributed by atoms with van der Waals surface area (Å²) in [5.74, 6) is 1.37. The van der Waals surface area contributed by atoms with Crippen LogP contribution < -0.4 is 15.4 Å². The number of rotatable bonds is 6. The maximum atomic E-state index is 12.4. The molecule has 0 heterocycles. The van der Waals surface area contributed by atoms with Gasteiger partial charge in [-0.1, -0.05) is 31.9 Å². The van der Waals surface area contributed by atoms with Crippen molar-refractivity contribution in [3.63, 3.8) is 0 Å². The van der Waals surface area contributed by atoms with E-state index in [4.69, 9.17) is 4.74 Å². The lowest BCUT2D eigenvalue weighted by atomic mass is 9.86. The van der Waals surface area contributed by atoms with Gasteiger partial charge in [-0.3, -0.25) is 4.79 Å². The summed E-state index contributed by atoms with van der Waals surface area (Å²) in [4.78, 5) is 12.4. The smallest absolute Gasteiger partial charge is 0.255 e. The fourth-order valence-corrected chi connectivity index (χ4v) is 3.57. The quantitative estimate of drug-likeness (QED) is 0.798. The standard InChI is InChI=1S/C22H28N2O2/c1-16-6-3-4-9-21(16)23-15-17-7-5-8-19(14-17)24-22(25)18-10-12-20(26-2)13-11-18/h5,7-8,10-14,16,21,23H,3-4,6,9,15H2,1-2H3,(H,24,25)/t16-,21-/m0/s1. The normalized spacial score (nSPS) is 19.8. The summed E-state index contributed by atoms with van der Waals surface area (Å²) in [7, 11) is 1.61. The molecule has 0 saturated heterocycles. The van der Waals surface area contributed by atoms with Crippen LogP contribution in [0.5, 0.6) is 5.75 Å². The molecule has 0 aromatic heterocycles. The number of amides is 1. The Bertz CT molecular complexity index is 727. The van der Waals surface area contributed by atoms with E-state index < -0.39 is 0 Å². The Morgan fingerprint density at radius 1 is 1.12 bits per heavy atom. The second-order valence-corrected chi connectivity index (χ2v) is 7.13. The van der Waals surface area contributed by atoms with Crippen LogP contribution in [0.4, 0.5) is 5.69 Å². The molecule has 26 heavy (non-hydrogen) atoms. The Morgan fingerprint density at radius 3 is 2.62 bits per heavy atom. The molecule has 1 amide bonds. The molecule has 0 aliphatic heterocycles. The number of anilines is 1. The molecule has 0 radical (unpaired) electrons. The molecule has 2 N–H and O–H groups in total. The zero-order valence-corrected chi connectivity index (χ0v) is 15.6. The average molecular weight is 352 g/mol. The van der Waals surface area contributed by atoms with Crippen molar-refractivity contribution < 1.29 is 9.53 Å². The summed E-state index contributed by atoms with van der Waals surface area (Å²) in [6.45, 7) is 3.17. The SMILES string of the molecule is COc1ccc(C(=O)Nc2cccc(CN[C@H]3CCCC[C@@H]3C)c2)cc1. The van der Waals surface area contributed by atoms with E-state index in [0.29, 0.717) is 11.6 Å². The summed E-state index contributed by atoms with van der Waals surface area (Å²) < 4.78 is 5.13. The predicted molar refractivity (Wildman–Crippen MR) is 106 cm³/mol. The van der Waals surface area contributed by atoms with Crippen molar-refractivity contribution in [2.75, 3.05) is 12.4 Å². The molecular formula is C22H28N2O2. The first kappa shape index (κ1) is 18.5. The molecule has 1 aliphatic carbocycles. The third-order valence-corrected chi connectivity index (χ3v) is 5.22. The van der Waals surface area contributed by atoms with Gasteiger partial charge in [0.05, 0.1) is 7.11 Å². The van der Waals surface area contributed by atoms with E-state index in [1.807, 2.05) is 18.2 Å². The third-order valence-electron chi connectivity index (χ3n) is 5.22. The molecule has 138 valence electrons. The second-order valence-electron chi connectivity index (χ2n) is 7.13. The van der Waals surface area contributed by atoms with Gasteiger partial charge in [0, 0.05) is 23.8 Å². The minimum Gasteiger partial charge on any atom is -0.497 e. The van der Waals surface area contributed by atoms with Crippen molar-refractivity contribution in [2.45, 2.75) is 45.2 Å². The largest absolute Gasteiger partial charge is 0.497 e. The second kappa shape index (κ2) is 8.86. The number of methoxy groups -OCH3 is 1. The lowest BCUT2D eigenvalue weighted by molar-refractivity contribution is 0.102. The average Bonchev–Trinajstić information content (AvgIpc) is 2.68. The molecule has 4 nitrogen and oxygen atoms in total. The number of benzene rings is 2. The van der Waals surface area contributed by atoms with Crippen LogP contribution in [0, 0.1) is 5.92 Å². The molecule has 4 heteroatoms. The Kier molecular flexibility index (Phi) is 6.29. The van der Waals surface area contributed by atoms with Gasteiger partial charge in [-0.25, -0.2) is 0 Å². The maximum Gasteiger partial charge on any atom is 0.255 e. The van der Waals surface area contributed by atoms with Crippen LogP contribution in [0.15, 0.2) is 48.5 Å². The maximum absolute atomic E-state index is 12.4. The number of hydrogen-bond donors (Lipinski definition) is 2. The number of nitrogens with one attached hydrogen (secondary N) is 2. The van der Waals surface area contributed by atoms with Gasteiger partial charge in [0.25, 0.3) is 5.91 Å². The monoisotopic (exact) mass is 352 g/mol. The van der Waals surface area contributed by atoms with Crippen molar-refractivity contribution in [1.29, 1.82) is 0 Å². The van der Waals surface area contributed by atoms with Gasteiger partial charge in [-0.15, -0.1) is 0 Å². The van der Waals surface area contributed by atoms with Crippen LogP contribution in [-0.2, 0) is 6.54 Å². The number of carbonyl (C=O) groups is 1. The third kappa shape index (κ3) is 4.85. The number of ether oxygens (including phenoxy) is 1. The summed E-state index contributed by atoms with van der Waals surface area (Å²) in [5, 5.41) is 6.66. The van der Waals surface area contributed by atoms with Crippen LogP contribution in [0.1, 0.15) is 48.5 Å². The van der Waals surface area contributed by atoms with E-state index in [1.165, 1.54) is 31.2 Å². The Balaban J connectivity index is 1.58. The van der Waals surface area contributed by atoms with Gasteiger partial charge >= 0.3 is 0 Å². The molecule has 3 rings (SSSR count). The first-order valence-corrected chi connectivity index (χ1v) is 9.43. The zero-order valence-electron chi connectivity index (χ0n) is 15.6. The zero-order chi connectivity index (χ0) is 18.4. The fraction of sp³-hybridized carbons (Fsp3) is 0.409. The van der Waals surface area contributed by atoms with Gasteiger partial charge in [-0.05, 0) is 60.7 Å². The molecular weight excluding hydrogens is 324 g/mol. The molecule has 1 saturated carbocycles. The molecule has 0 bridgehead atoms. The summed E-state index contributed by atoms with van der Waals surface area (Å²) >= 11 is 0. The fourth-order valence-electron chi connectivity index (χ4n) is 3.57. The minimum absolute atomic E-state index is 0.112. The number of hydrogen-bond acceptors (Lipinski definition) is 3. The highest BCUT2D eigenvalue weighted by atomic mass is 16.5. The molecule has 1 fully saturated rings. The first-order chi connectivity index (χ1) is 12.7. The Hall–Kier alpha value is -2.33. The highest BCUT2D eigenvalue weighted by Crippen LogP contribution is 2.24. The Morgan fingerprint density at radius 2 is 1.88 bits per heavy atom. The van der Waals surface area contributed by atoms with E-state index in [0.717, 1.165) is 23.9 Å². The van der Waals surface area contributed by atoms with E-state index in [-0.39, 0.29) is 5.91 Å². The van der Waals surface area contributed by atoms with E-state index in [2.05, 4.69) is 23.6 Å². The molecule has 2 atom stereocenters. The van der Waals surface area contributed by atoms with Crippen LogP contribution in [-0.4, -0.2) is 19.1 Å². The summed E-state index contributed by atoms with van der Waals surface area (Å²) in [5.41, 5.74) is 2.63. The molecule has 1 aliphatic rings. The van der Waals surface area contributed by atoms with Crippen molar-refractivity contribution >= 4 is 11.6 Å². The first-order valence-electron chi connectivity index (χ1n) is 9.43. The van der Waals surface area contributed by atoms with Crippen molar-refractivity contribution in [1.82, 2.24) is 5.32 Å². The van der Waals surface area contributed by atoms with Gasteiger partial charge in [0.15, 0.2) is 0 Å². The molecule has 0 spiro atoms. The van der Waals surface area contributed by atoms with Crippen molar-refractivity contribution in [3.8, 4) is 5.75 Å². The van der Waals surface area contributed by atoms with Gasteiger partial charge in [-0.2, -0.15) is 0 Å². The Labute approximate surface area is 156 Å².